The van der Waals surface area contributed by atoms with Gasteiger partial charge in [0.15, 0.2) is 0 Å². The Kier molecular flexibility index (Phi) is 3.96. The lowest BCUT2D eigenvalue weighted by Crippen LogP contribution is -2.50. The molecular weight excluding hydrogens is 336 g/mol. The van der Waals surface area contributed by atoms with Gasteiger partial charge in [0.2, 0.25) is 0 Å². The van der Waals surface area contributed by atoms with Crippen molar-refractivity contribution < 1.29 is 9.59 Å². The molecule has 1 saturated heterocycles. The van der Waals surface area contributed by atoms with E-state index in [2.05, 4.69) is 20.2 Å². The molecule has 0 radical (unpaired) electrons. The molecule has 9 heteroatoms. The van der Waals surface area contributed by atoms with Crippen LogP contribution in [0.2, 0.25) is 0 Å². The molecule has 0 aliphatic carbocycles. The van der Waals surface area contributed by atoms with Gasteiger partial charge in [-0.3, -0.25) is 14.4 Å². The SMILES string of the molecule is O=C(c1ccc2nc[nH]c2c1)N1CCN(C(=O)c2ccc(=O)[nH]n2)CC1. The van der Waals surface area contributed by atoms with Crippen LogP contribution >= 0.6 is 0 Å². The average Bonchev–Trinajstić information content (AvgIpc) is 3.15. The van der Waals surface area contributed by atoms with Crippen molar-refractivity contribution in [2.75, 3.05) is 26.2 Å². The number of imidazole rings is 1. The number of H-pyrrole nitrogens is 2. The molecule has 4 rings (SSSR count). The van der Waals surface area contributed by atoms with Crippen LogP contribution in [-0.4, -0.2) is 68.0 Å². The first kappa shape index (κ1) is 16.0. The largest absolute Gasteiger partial charge is 0.345 e. The Morgan fingerprint density at radius 1 is 0.962 bits per heavy atom. The van der Waals surface area contributed by atoms with Crippen LogP contribution in [0.4, 0.5) is 0 Å². The first-order valence-electron chi connectivity index (χ1n) is 8.19. The van der Waals surface area contributed by atoms with Crippen LogP contribution in [0, 0.1) is 0 Å². The highest BCUT2D eigenvalue weighted by Gasteiger charge is 2.26. The Hall–Kier alpha value is -3.49. The molecule has 1 fully saturated rings. The summed E-state index contributed by atoms with van der Waals surface area (Å²) in [6.07, 6.45) is 1.59. The van der Waals surface area contributed by atoms with E-state index < -0.39 is 0 Å². The van der Waals surface area contributed by atoms with Gasteiger partial charge in [0.25, 0.3) is 17.4 Å². The van der Waals surface area contributed by atoms with E-state index in [0.717, 1.165) is 11.0 Å². The van der Waals surface area contributed by atoms with E-state index in [0.29, 0.717) is 31.7 Å². The van der Waals surface area contributed by atoms with Crippen molar-refractivity contribution in [2.45, 2.75) is 0 Å². The maximum Gasteiger partial charge on any atom is 0.274 e. The molecule has 3 aromatic rings. The maximum absolute atomic E-state index is 12.7. The number of carbonyl (C=O) groups is 2. The molecule has 2 aromatic heterocycles. The van der Waals surface area contributed by atoms with Crippen molar-refractivity contribution in [3.8, 4) is 0 Å². The lowest BCUT2D eigenvalue weighted by Gasteiger charge is -2.34. The van der Waals surface area contributed by atoms with Crippen LogP contribution in [0.1, 0.15) is 20.8 Å². The highest BCUT2D eigenvalue weighted by molar-refractivity contribution is 5.97. The molecule has 26 heavy (non-hydrogen) atoms. The van der Waals surface area contributed by atoms with Crippen molar-refractivity contribution in [2.24, 2.45) is 0 Å². The third kappa shape index (κ3) is 2.94. The fourth-order valence-corrected chi connectivity index (χ4v) is 2.99. The van der Waals surface area contributed by atoms with E-state index in [-0.39, 0.29) is 23.1 Å². The van der Waals surface area contributed by atoms with Gasteiger partial charge in [-0.05, 0) is 24.3 Å². The van der Waals surface area contributed by atoms with Gasteiger partial charge in [-0.1, -0.05) is 0 Å². The van der Waals surface area contributed by atoms with Gasteiger partial charge in [0.05, 0.1) is 17.4 Å². The summed E-state index contributed by atoms with van der Waals surface area (Å²) in [5, 5.41) is 6.02. The highest BCUT2D eigenvalue weighted by Crippen LogP contribution is 2.15. The van der Waals surface area contributed by atoms with Crippen LogP contribution in [0.25, 0.3) is 11.0 Å². The molecule has 0 atom stereocenters. The normalized spacial score (nSPS) is 14.6. The minimum atomic E-state index is -0.355. The predicted molar refractivity (Wildman–Crippen MR) is 92.8 cm³/mol. The van der Waals surface area contributed by atoms with Crippen LogP contribution < -0.4 is 5.56 Å². The molecule has 9 nitrogen and oxygen atoms in total. The maximum atomic E-state index is 12.7. The fraction of sp³-hybridized carbons (Fsp3) is 0.235. The molecule has 0 unspecified atom stereocenters. The monoisotopic (exact) mass is 352 g/mol. The van der Waals surface area contributed by atoms with Crippen molar-refractivity contribution in [1.29, 1.82) is 0 Å². The number of piperazine rings is 1. The van der Waals surface area contributed by atoms with Gasteiger partial charge < -0.3 is 14.8 Å². The Bertz CT molecular complexity index is 1010. The summed E-state index contributed by atoms with van der Waals surface area (Å²) in [5.74, 6) is -0.331. The zero-order chi connectivity index (χ0) is 18.1. The minimum Gasteiger partial charge on any atom is -0.345 e. The average molecular weight is 352 g/mol. The number of hydrogen-bond donors (Lipinski definition) is 2. The zero-order valence-corrected chi connectivity index (χ0v) is 13.8. The molecule has 1 aliphatic rings. The number of amides is 2. The number of rotatable bonds is 2. The molecule has 2 amide bonds. The van der Waals surface area contributed by atoms with Gasteiger partial charge in [0, 0.05) is 37.8 Å². The van der Waals surface area contributed by atoms with Crippen LogP contribution in [-0.2, 0) is 0 Å². The molecular formula is C17H16N6O3. The topological polar surface area (TPSA) is 115 Å². The molecule has 132 valence electrons. The number of aromatic amines is 2. The van der Waals surface area contributed by atoms with Crippen LogP contribution in [0.5, 0.6) is 0 Å². The second-order valence-corrected chi connectivity index (χ2v) is 6.03. The van der Waals surface area contributed by atoms with E-state index in [9.17, 15) is 14.4 Å². The van der Waals surface area contributed by atoms with E-state index in [1.54, 1.807) is 34.3 Å². The fourth-order valence-electron chi connectivity index (χ4n) is 2.99. The first-order valence-corrected chi connectivity index (χ1v) is 8.19. The molecule has 1 aromatic carbocycles. The molecule has 3 heterocycles. The Morgan fingerprint density at radius 2 is 1.69 bits per heavy atom. The lowest BCUT2D eigenvalue weighted by atomic mass is 10.1. The van der Waals surface area contributed by atoms with Crippen LogP contribution in [0.15, 0.2) is 41.5 Å². The summed E-state index contributed by atoms with van der Waals surface area (Å²) >= 11 is 0. The third-order valence-corrected chi connectivity index (χ3v) is 4.42. The standard InChI is InChI=1S/C17H16N6O3/c24-15-4-3-13(20-21-15)17(26)23-7-5-22(6-8-23)16(25)11-1-2-12-14(9-11)19-10-18-12/h1-4,9-10H,5-8H2,(H,18,19)(H,21,24). The number of nitrogens with one attached hydrogen (secondary N) is 2. The van der Waals surface area contributed by atoms with Crippen molar-refractivity contribution >= 4 is 22.8 Å². The smallest absolute Gasteiger partial charge is 0.274 e. The quantitative estimate of drug-likeness (QED) is 0.686. The van der Waals surface area contributed by atoms with Crippen molar-refractivity contribution in [3.05, 3.63) is 58.3 Å². The van der Waals surface area contributed by atoms with Crippen molar-refractivity contribution in [3.63, 3.8) is 0 Å². The summed E-state index contributed by atoms with van der Waals surface area (Å²) in [4.78, 5) is 46.6. The summed E-state index contributed by atoms with van der Waals surface area (Å²) < 4.78 is 0. The van der Waals surface area contributed by atoms with E-state index >= 15 is 0 Å². The lowest BCUT2D eigenvalue weighted by molar-refractivity contribution is 0.0531. The molecule has 0 saturated carbocycles. The number of carbonyl (C=O) groups excluding carboxylic acids is 2. The first-order chi connectivity index (χ1) is 12.6. The molecule has 0 spiro atoms. The highest BCUT2D eigenvalue weighted by atomic mass is 16.2. The number of aromatic nitrogens is 4. The van der Waals surface area contributed by atoms with Crippen LogP contribution in [0.3, 0.4) is 0 Å². The summed E-state index contributed by atoms with van der Waals surface area (Å²) in [6.45, 7) is 1.71. The Morgan fingerprint density at radius 3 is 2.38 bits per heavy atom. The zero-order valence-electron chi connectivity index (χ0n) is 13.8. The Labute approximate surface area is 147 Å². The summed E-state index contributed by atoms with van der Waals surface area (Å²) in [5.41, 5.74) is 2.04. The summed E-state index contributed by atoms with van der Waals surface area (Å²) in [6, 6.07) is 8.02. The van der Waals surface area contributed by atoms with Gasteiger partial charge in [-0.2, -0.15) is 5.10 Å². The number of fused-ring (bicyclic) bond motifs is 1. The second-order valence-electron chi connectivity index (χ2n) is 6.03. The van der Waals surface area contributed by atoms with Crippen molar-refractivity contribution in [1.82, 2.24) is 30.0 Å². The van der Waals surface area contributed by atoms with Gasteiger partial charge in [0.1, 0.15) is 5.69 Å². The van der Waals surface area contributed by atoms with Gasteiger partial charge in [-0.25, -0.2) is 10.1 Å². The van der Waals surface area contributed by atoms with E-state index in [4.69, 9.17) is 0 Å². The molecule has 0 bridgehead atoms. The number of hydrogen-bond acceptors (Lipinski definition) is 5. The number of nitrogens with zero attached hydrogens (tertiary/aromatic N) is 4. The third-order valence-electron chi connectivity index (χ3n) is 4.42. The molecule has 2 N–H and O–H groups in total. The molecule has 1 aliphatic heterocycles. The van der Waals surface area contributed by atoms with Gasteiger partial charge in [-0.15, -0.1) is 0 Å². The van der Waals surface area contributed by atoms with E-state index in [1.807, 2.05) is 0 Å². The Balaban J connectivity index is 1.42. The predicted octanol–water partition coefficient (Wildman–Crippen LogP) is 0.244. The van der Waals surface area contributed by atoms with Gasteiger partial charge >= 0.3 is 0 Å². The summed E-state index contributed by atoms with van der Waals surface area (Å²) in [7, 11) is 0. The second kappa shape index (κ2) is 6.43. The van der Waals surface area contributed by atoms with E-state index in [1.165, 1.54) is 12.1 Å². The number of benzene rings is 1. The minimum absolute atomic E-state index is 0.0734.